The van der Waals surface area contributed by atoms with E-state index in [9.17, 15) is 0 Å². The minimum atomic E-state index is 1.24. The molecular weight excluding hydrogens is 480 g/mol. The second-order valence-electron chi connectivity index (χ2n) is 10.5. The van der Waals surface area contributed by atoms with Crippen molar-refractivity contribution in [3.05, 3.63) is 158 Å². The van der Waals surface area contributed by atoms with Crippen LogP contribution < -0.4 is 0 Å². The molecule has 0 N–H and O–H groups in total. The van der Waals surface area contributed by atoms with Crippen molar-refractivity contribution in [2.45, 2.75) is 0 Å². The molecule has 0 heteroatoms. The van der Waals surface area contributed by atoms with Gasteiger partial charge in [0.1, 0.15) is 0 Å². The summed E-state index contributed by atoms with van der Waals surface area (Å²) in [7, 11) is 0. The molecule has 0 aliphatic rings. The molecule has 8 aromatic carbocycles. The highest BCUT2D eigenvalue weighted by Gasteiger charge is 2.15. The Morgan fingerprint density at radius 3 is 1.07 bits per heavy atom. The SMILES string of the molecule is c1ccc(-c2cccc(-c3ccc4ccc5c(-c6cccc(-c7ccccc7)c6)ccc6ccc3c4c65)c2)cc1. The maximum atomic E-state index is 2.32. The van der Waals surface area contributed by atoms with Gasteiger partial charge < -0.3 is 0 Å². The lowest BCUT2D eigenvalue weighted by atomic mass is 9.86. The lowest BCUT2D eigenvalue weighted by molar-refractivity contribution is 1.60. The monoisotopic (exact) mass is 506 g/mol. The van der Waals surface area contributed by atoms with Crippen molar-refractivity contribution in [1.29, 1.82) is 0 Å². The van der Waals surface area contributed by atoms with Crippen LogP contribution >= 0.6 is 0 Å². The van der Waals surface area contributed by atoms with E-state index in [1.165, 1.54) is 76.8 Å². The zero-order chi connectivity index (χ0) is 26.5. The van der Waals surface area contributed by atoms with Crippen LogP contribution in [0.4, 0.5) is 0 Å². The third-order valence-corrected chi connectivity index (χ3v) is 8.23. The van der Waals surface area contributed by atoms with Crippen molar-refractivity contribution in [1.82, 2.24) is 0 Å². The van der Waals surface area contributed by atoms with Crippen LogP contribution in [0, 0.1) is 0 Å². The second kappa shape index (κ2) is 9.22. The topological polar surface area (TPSA) is 0 Å². The summed E-state index contributed by atoms with van der Waals surface area (Å²) in [6, 6.07) is 57.5. The molecule has 0 nitrogen and oxygen atoms in total. The fourth-order valence-corrected chi connectivity index (χ4v) is 6.30. The molecule has 0 aliphatic heterocycles. The summed E-state index contributed by atoms with van der Waals surface area (Å²) < 4.78 is 0. The van der Waals surface area contributed by atoms with Crippen molar-refractivity contribution in [2.24, 2.45) is 0 Å². The Kier molecular flexibility index (Phi) is 5.24. The molecule has 0 saturated carbocycles. The standard InChI is InChI=1S/C40H26/c1-3-9-27(10-4-1)31-13-7-15-33(25-31)35-21-17-29-20-24-38-36(22-18-30-19-23-37(35)39(29)40(30)38)34-16-8-14-32(26-34)28-11-5-2-6-12-28/h1-26H. The molecule has 40 heavy (non-hydrogen) atoms. The lowest BCUT2D eigenvalue weighted by Gasteiger charge is -2.17. The molecule has 0 bridgehead atoms. The van der Waals surface area contributed by atoms with Crippen molar-refractivity contribution < 1.29 is 0 Å². The largest absolute Gasteiger partial charge is 0.0622 e. The average molecular weight is 507 g/mol. The Balaban J connectivity index is 1.34. The number of benzene rings is 8. The van der Waals surface area contributed by atoms with Gasteiger partial charge in [-0.05, 0) is 89.0 Å². The minimum Gasteiger partial charge on any atom is -0.0622 e. The van der Waals surface area contributed by atoms with Crippen molar-refractivity contribution in [3.8, 4) is 44.5 Å². The van der Waals surface area contributed by atoms with Gasteiger partial charge in [0.25, 0.3) is 0 Å². The summed E-state index contributed by atoms with van der Waals surface area (Å²) in [6.45, 7) is 0. The van der Waals surface area contributed by atoms with E-state index in [1.807, 2.05) is 0 Å². The summed E-state index contributed by atoms with van der Waals surface area (Å²) in [5, 5.41) is 7.86. The molecule has 0 fully saturated rings. The van der Waals surface area contributed by atoms with E-state index < -0.39 is 0 Å². The first-order chi connectivity index (χ1) is 19.8. The minimum absolute atomic E-state index is 1.24. The van der Waals surface area contributed by atoms with Gasteiger partial charge in [-0.3, -0.25) is 0 Å². The molecule has 8 aromatic rings. The van der Waals surface area contributed by atoms with E-state index in [4.69, 9.17) is 0 Å². The summed E-state index contributed by atoms with van der Waals surface area (Å²) in [4.78, 5) is 0. The molecular formula is C40H26. The highest BCUT2D eigenvalue weighted by atomic mass is 14.2. The van der Waals surface area contributed by atoms with Crippen LogP contribution in [-0.2, 0) is 0 Å². The van der Waals surface area contributed by atoms with E-state index in [0.717, 1.165) is 0 Å². The molecule has 8 rings (SSSR count). The fourth-order valence-electron chi connectivity index (χ4n) is 6.30. The van der Waals surface area contributed by atoms with Gasteiger partial charge in [-0.15, -0.1) is 0 Å². The van der Waals surface area contributed by atoms with Gasteiger partial charge in [0.15, 0.2) is 0 Å². The summed E-state index contributed by atoms with van der Waals surface area (Å²) in [6.07, 6.45) is 0. The molecule has 0 aromatic heterocycles. The van der Waals surface area contributed by atoms with E-state index in [0.29, 0.717) is 0 Å². The van der Waals surface area contributed by atoms with Crippen LogP contribution in [0.15, 0.2) is 158 Å². The maximum absolute atomic E-state index is 2.32. The summed E-state index contributed by atoms with van der Waals surface area (Å²) in [5.41, 5.74) is 10.0. The van der Waals surface area contributed by atoms with Crippen LogP contribution in [0.25, 0.3) is 76.8 Å². The Bertz CT molecular complexity index is 1980. The van der Waals surface area contributed by atoms with Gasteiger partial charge >= 0.3 is 0 Å². The highest BCUT2D eigenvalue weighted by molar-refractivity contribution is 6.27. The lowest BCUT2D eigenvalue weighted by Crippen LogP contribution is -1.90. The Morgan fingerprint density at radius 1 is 0.250 bits per heavy atom. The van der Waals surface area contributed by atoms with Gasteiger partial charge in [-0.1, -0.05) is 146 Å². The third-order valence-electron chi connectivity index (χ3n) is 8.23. The van der Waals surface area contributed by atoms with Crippen LogP contribution in [0.3, 0.4) is 0 Å². The molecule has 0 spiro atoms. The van der Waals surface area contributed by atoms with Crippen LogP contribution in [0.2, 0.25) is 0 Å². The van der Waals surface area contributed by atoms with E-state index in [1.54, 1.807) is 0 Å². The van der Waals surface area contributed by atoms with Crippen molar-refractivity contribution in [2.75, 3.05) is 0 Å². The third kappa shape index (κ3) is 3.69. The van der Waals surface area contributed by atoms with E-state index >= 15 is 0 Å². The molecule has 0 saturated heterocycles. The van der Waals surface area contributed by atoms with Crippen molar-refractivity contribution in [3.63, 3.8) is 0 Å². The number of hydrogen-bond donors (Lipinski definition) is 0. The fraction of sp³-hybridized carbons (Fsp3) is 0. The van der Waals surface area contributed by atoms with Gasteiger partial charge in [0.2, 0.25) is 0 Å². The summed E-state index contributed by atoms with van der Waals surface area (Å²) >= 11 is 0. The zero-order valence-corrected chi connectivity index (χ0v) is 22.0. The normalized spacial score (nSPS) is 11.5. The summed E-state index contributed by atoms with van der Waals surface area (Å²) in [5.74, 6) is 0. The first kappa shape index (κ1) is 22.8. The number of hydrogen-bond acceptors (Lipinski definition) is 0. The highest BCUT2D eigenvalue weighted by Crippen LogP contribution is 2.43. The van der Waals surface area contributed by atoms with Crippen LogP contribution in [0.5, 0.6) is 0 Å². The van der Waals surface area contributed by atoms with Gasteiger partial charge in [0, 0.05) is 0 Å². The second-order valence-corrected chi connectivity index (χ2v) is 10.5. The Labute approximate surface area is 234 Å². The smallest absolute Gasteiger partial charge is 0.00203 e. The van der Waals surface area contributed by atoms with E-state index in [-0.39, 0.29) is 0 Å². The molecule has 186 valence electrons. The molecule has 0 aliphatic carbocycles. The Morgan fingerprint density at radius 2 is 0.625 bits per heavy atom. The van der Waals surface area contributed by atoms with Crippen molar-refractivity contribution >= 4 is 32.3 Å². The van der Waals surface area contributed by atoms with Gasteiger partial charge in [-0.25, -0.2) is 0 Å². The molecule has 0 atom stereocenters. The maximum Gasteiger partial charge on any atom is -0.00203 e. The first-order valence-electron chi connectivity index (χ1n) is 13.9. The zero-order valence-electron chi connectivity index (χ0n) is 22.0. The molecule has 0 heterocycles. The van der Waals surface area contributed by atoms with Crippen LogP contribution in [0.1, 0.15) is 0 Å². The molecule has 0 unspecified atom stereocenters. The molecule has 0 amide bonds. The number of rotatable bonds is 4. The van der Waals surface area contributed by atoms with Gasteiger partial charge in [0.05, 0.1) is 0 Å². The predicted octanol–water partition coefficient (Wildman–Crippen LogP) is 11.3. The predicted molar refractivity (Wildman–Crippen MR) is 172 cm³/mol. The first-order valence-corrected chi connectivity index (χ1v) is 13.9. The average Bonchev–Trinajstić information content (AvgIpc) is 3.04. The quantitative estimate of drug-likeness (QED) is 0.208. The van der Waals surface area contributed by atoms with E-state index in [2.05, 4.69) is 158 Å². The van der Waals surface area contributed by atoms with Gasteiger partial charge in [-0.2, -0.15) is 0 Å². The van der Waals surface area contributed by atoms with Crippen LogP contribution in [-0.4, -0.2) is 0 Å². The Hall–Kier alpha value is -5.20. The molecule has 0 radical (unpaired) electrons.